The van der Waals surface area contributed by atoms with Crippen LogP contribution in [0, 0.1) is 17.7 Å². The van der Waals surface area contributed by atoms with Crippen molar-refractivity contribution in [3.8, 4) is 0 Å². The highest BCUT2D eigenvalue weighted by Gasteiger charge is 2.25. The predicted octanol–water partition coefficient (Wildman–Crippen LogP) is 4.48. The highest BCUT2D eigenvalue weighted by Crippen LogP contribution is 2.31. The van der Waals surface area contributed by atoms with E-state index in [1.807, 2.05) is 0 Å². The molecule has 1 fully saturated rings. The van der Waals surface area contributed by atoms with Crippen molar-refractivity contribution in [3.05, 3.63) is 35.6 Å². The highest BCUT2D eigenvalue weighted by molar-refractivity contribution is 5.78. The number of carbonyl (C=O) groups excluding carboxylic acids is 1. The lowest BCUT2D eigenvalue weighted by Crippen LogP contribution is -2.34. The van der Waals surface area contributed by atoms with Crippen LogP contribution in [0.4, 0.5) is 4.39 Å². The number of unbranched alkanes of at least 4 members (excludes halogenated alkanes) is 1. The van der Waals surface area contributed by atoms with Crippen LogP contribution in [-0.2, 0) is 11.2 Å². The fourth-order valence-corrected chi connectivity index (χ4v) is 3.33. The van der Waals surface area contributed by atoms with E-state index >= 15 is 0 Å². The number of hydrogen-bond acceptors (Lipinski definition) is 1. The molecule has 0 aliphatic heterocycles. The zero-order valence-electron chi connectivity index (χ0n) is 13.6. The standard InChI is InChI=1S/C19H28FNO/c1-2-3-4-15-5-9-17(10-6-15)19(22)21-14-13-16-7-11-18(20)12-8-16/h7-8,11-12,15,17H,2-6,9-10,13-14H2,1H3,(H,21,22). The van der Waals surface area contributed by atoms with Gasteiger partial charge in [0.15, 0.2) is 0 Å². The Bertz CT molecular complexity index is 449. The van der Waals surface area contributed by atoms with Crippen molar-refractivity contribution >= 4 is 5.91 Å². The van der Waals surface area contributed by atoms with E-state index in [9.17, 15) is 9.18 Å². The largest absolute Gasteiger partial charge is 0.356 e. The Labute approximate surface area is 133 Å². The lowest BCUT2D eigenvalue weighted by atomic mass is 9.79. The zero-order valence-corrected chi connectivity index (χ0v) is 13.6. The lowest BCUT2D eigenvalue weighted by Gasteiger charge is -2.27. The molecule has 1 aliphatic carbocycles. The summed E-state index contributed by atoms with van der Waals surface area (Å²) in [7, 11) is 0. The molecule has 122 valence electrons. The second kappa shape index (κ2) is 8.92. The Balaban J connectivity index is 1.64. The summed E-state index contributed by atoms with van der Waals surface area (Å²) >= 11 is 0. The van der Waals surface area contributed by atoms with E-state index in [1.165, 1.54) is 44.2 Å². The van der Waals surface area contributed by atoms with Gasteiger partial charge >= 0.3 is 0 Å². The topological polar surface area (TPSA) is 29.1 Å². The molecule has 1 saturated carbocycles. The maximum Gasteiger partial charge on any atom is 0.223 e. The van der Waals surface area contributed by atoms with Crippen LogP contribution in [0.25, 0.3) is 0 Å². The first-order valence-electron chi connectivity index (χ1n) is 8.71. The number of hydrogen-bond donors (Lipinski definition) is 1. The summed E-state index contributed by atoms with van der Waals surface area (Å²) in [4.78, 5) is 12.2. The van der Waals surface area contributed by atoms with Crippen molar-refractivity contribution in [1.29, 1.82) is 0 Å². The molecule has 2 rings (SSSR count). The lowest BCUT2D eigenvalue weighted by molar-refractivity contribution is -0.126. The Kier molecular flexibility index (Phi) is 6.88. The molecule has 0 heterocycles. The van der Waals surface area contributed by atoms with Crippen LogP contribution < -0.4 is 5.32 Å². The van der Waals surface area contributed by atoms with Gasteiger partial charge in [-0.2, -0.15) is 0 Å². The first-order valence-corrected chi connectivity index (χ1v) is 8.71. The molecule has 0 aromatic heterocycles. The van der Waals surface area contributed by atoms with E-state index < -0.39 is 0 Å². The molecule has 22 heavy (non-hydrogen) atoms. The molecule has 0 unspecified atom stereocenters. The van der Waals surface area contributed by atoms with Gasteiger partial charge in [0.1, 0.15) is 5.82 Å². The van der Waals surface area contributed by atoms with Gasteiger partial charge in [0, 0.05) is 12.5 Å². The van der Waals surface area contributed by atoms with Gasteiger partial charge in [-0.3, -0.25) is 4.79 Å². The maximum absolute atomic E-state index is 12.8. The van der Waals surface area contributed by atoms with Gasteiger partial charge < -0.3 is 5.32 Å². The van der Waals surface area contributed by atoms with E-state index in [4.69, 9.17) is 0 Å². The van der Waals surface area contributed by atoms with Crippen molar-refractivity contribution in [1.82, 2.24) is 5.32 Å². The molecule has 0 radical (unpaired) electrons. The Morgan fingerprint density at radius 1 is 1.18 bits per heavy atom. The third kappa shape index (κ3) is 5.43. The minimum absolute atomic E-state index is 0.200. The summed E-state index contributed by atoms with van der Waals surface area (Å²) in [6.45, 7) is 2.88. The molecule has 1 aromatic carbocycles. The summed E-state index contributed by atoms with van der Waals surface area (Å²) in [5, 5.41) is 3.04. The summed E-state index contributed by atoms with van der Waals surface area (Å²) in [5.74, 6) is 1.03. The summed E-state index contributed by atoms with van der Waals surface area (Å²) in [5.41, 5.74) is 1.06. The molecule has 0 atom stereocenters. The van der Waals surface area contributed by atoms with Gasteiger partial charge in [-0.25, -0.2) is 4.39 Å². The van der Waals surface area contributed by atoms with Crippen LogP contribution in [0.3, 0.4) is 0 Å². The Morgan fingerprint density at radius 2 is 1.86 bits per heavy atom. The molecular weight excluding hydrogens is 277 g/mol. The van der Waals surface area contributed by atoms with Crippen molar-refractivity contribution in [2.75, 3.05) is 6.54 Å². The van der Waals surface area contributed by atoms with Crippen molar-refractivity contribution in [3.63, 3.8) is 0 Å². The number of halogens is 1. The summed E-state index contributed by atoms with van der Waals surface area (Å²) < 4.78 is 12.8. The van der Waals surface area contributed by atoms with Crippen molar-refractivity contribution in [2.45, 2.75) is 58.3 Å². The van der Waals surface area contributed by atoms with Crippen molar-refractivity contribution in [2.24, 2.45) is 11.8 Å². The first-order chi connectivity index (χ1) is 10.7. The zero-order chi connectivity index (χ0) is 15.8. The average molecular weight is 305 g/mol. The van der Waals surface area contributed by atoms with Crippen LogP contribution in [0.5, 0.6) is 0 Å². The Hall–Kier alpha value is -1.38. The summed E-state index contributed by atoms with van der Waals surface area (Å²) in [6.07, 6.45) is 9.16. The number of benzene rings is 1. The Morgan fingerprint density at radius 3 is 2.50 bits per heavy atom. The van der Waals surface area contributed by atoms with Gasteiger partial charge in [0.05, 0.1) is 0 Å². The number of rotatable bonds is 7. The molecule has 1 N–H and O–H groups in total. The van der Waals surface area contributed by atoms with E-state index in [-0.39, 0.29) is 17.6 Å². The van der Waals surface area contributed by atoms with Crippen LogP contribution in [0.1, 0.15) is 57.4 Å². The van der Waals surface area contributed by atoms with Gasteiger partial charge in [-0.15, -0.1) is 0 Å². The fraction of sp³-hybridized carbons (Fsp3) is 0.632. The monoisotopic (exact) mass is 305 g/mol. The first kappa shape index (κ1) is 17.0. The fourth-order valence-electron chi connectivity index (χ4n) is 3.33. The van der Waals surface area contributed by atoms with E-state index in [0.29, 0.717) is 6.54 Å². The van der Waals surface area contributed by atoms with Gasteiger partial charge in [0.25, 0.3) is 0 Å². The third-order valence-corrected chi connectivity index (χ3v) is 4.81. The van der Waals surface area contributed by atoms with Crippen LogP contribution in [-0.4, -0.2) is 12.5 Å². The molecule has 1 amide bonds. The highest BCUT2D eigenvalue weighted by atomic mass is 19.1. The number of amides is 1. The molecule has 2 nitrogen and oxygen atoms in total. The van der Waals surface area contributed by atoms with E-state index in [2.05, 4.69) is 12.2 Å². The molecular formula is C19H28FNO. The predicted molar refractivity (Wildman–Crippen MR) is 88.1 cm³/mol. The molecule has 0 bridgehead atoms. The van der Waals surface area contributed by atoms with E-state index in [1.54, 1.807) is 12.1 Å². The smallest absolute Gasteiger partial charge is 0.223 e. The minimum Gasteiger partial charge on any atom is -0.356 e. The van der Waals surface area contributed by atoms with Gasteiger partial charge in [-0.05, 0) is 55.7 Å². The van der Waals surface area contributed by atoms with Crippen LogP contribution >= 0.6 is 0 Å². The van der Waals surface area contributed by atoms with E-state index in [0.717, 1.165) is 30.7 Å². The SMILES string of the molecule is CCCCC1CCC(C(=O)NCCc2ccc(F)cc2)CC1. The van der Waals surface area contributed by atoms with Gasteiger partial charge in [-0.1, -0.05) is 38.3 Å². The van der Waals surface area contributed by atoms with Crippen LogP contribution in [0.15, 0.2) is 24.3 Å². The number of nitrogens with one attached hydrogen (secondary N) is 1. The molecule has 0 saturated heterocycles. The van der Waals surface area contributed by atoms with Crippen LogP contribution in [0.2, 0.25) is 0 Å². The maximum atomic E-state index is 12.8. The van der Waals surface area contributed by atoms with Crippen molar-refractivity contribution < 1.29 is 9.18 Å². The minimum atomic E-state index is -0.215. The second-order valence-electron chi connectivity index (χ2n) is 6.53. The molecule has 0 spiro atoms. The molecule has 3 heteroatoms. The number of carbonyl (C=O) groups is 1. The molecule has 1 aromatic rings. The normalized spacial score (nSPS) is 21.5. The average Bonchev–Trinajstić information content (AvgIpc) is 2.55. The quantitative estimate of drug-likeness (QED) is 0.790. The third-order valence-electron chi connectivity index (χ3n) is 4.81. The summed E-state index contributed by atoms with van der Waals surface area (Å²) in [6, 6.07) is 6.49. The second-order valence-corrected chi connectivity index (χ2v) is 6.53. The van der Waals surface area contributed by atoms with Gasteiger partial charge in [0.2, 0.25) is 5.91 Å². The molecule has 1 aliphatic rings.